The summed E-state index contributed by atoms with van der Waals surface area (Å²) in [7, 11) is 1.69. The van der Waals surface area contributed by atoms with E-state index in [1.165, 1.54) is 0 Å². The normalized spacial score (nSPS) is 13.8. The molecule has 0 aliphatic carbocycles. The Kier molecular flexibility index (Phi) is 6.52. The summed E-state index contributed by atoms with van der Waals surface area (Å²) in [6.45, 7) is 5.60. The molecule has 1 aliphatic rings. The molecule has 1 aromatic rings. The summed E-state index contributed by atoms with van der Waals surface area (Å²) in [6, 6.07) is 5.07. The molecule has 0 spiro atoms. The Morgan fingerprint density at radius 2 is 1.80 bits per heavy atom. The summed E-state index contributed by atoms with van der Waals surface area (Å²) in [5.41, 5.74) is 2.69. The number of likely N-dealkylation sites (tertiary alicyclic amines) is 1. The van der Waals surface area contributed by atoms with Crippen LogP contribution in [0.2, 0.25) is 0 Å². The molecule has 1 fully saturated rings. The van der Waals surface area contributed by atoms with Crippen LogP contribution in [0.4, 0.5) is 10.5 Å². The quantitative estimate of drug-likeness (QED) is 0.847. The first-order valence-electron chi connectivity index (χ1n) is 8.49. The van der Waals surface area contributed by atoms with Gasteiger partial charge in [0.2, 0.25) is 11.8 Å². The Hall–Kier alpha value is -2.41. The lowest BCUT2D eigenvalue weighted by molar-refractivity contribution is -0.131. The number of imide groups is 1. The zero-order valence-corrected chi connectivity index (χ0v) is 15.1. The lowest BCUT2D eigenvalue weighted by atomic mass is 10.1. The minimum atomic E-state index is -0.573. The standard InChI is InChI=1S/C18H26N4O3/c1-13-6-7-15(14(2)10-13)19-18(25)20-16(23)11-21(3)12-17(24)22-8-4-5-9-22/h6-7,10H,4-5,8-9,11-12H2,1-3H3,(H2,19,20,23,25). The van der Waals surface area contributed by atoms with E-state index < -0.39 is 11.9 Å². The van der Waals surface area contributed by atoms with E-state index >= 15 is 0 Å². The Balaban J connectivity index is 1.76. The van der Waals surface area contributed by atoms with Crippen molar-refractivity contribution in [3.63, 3.8) is 0 Å². The lowest BCUT2D eigenvalue weighted by Crippen LogP contribution is -2.44. The predicted octanol–water partition coefficient (Wildman–Crippen LogP) is 1.51. The van der Waals surface area contributed by atoms with E-state index in [1.807, 2.05) is 26.0 Å². The molecule has 0 bridgehead atoms. The smallest absolute Gasteiger partial charge is 0.325 e. The molecule has 7 nitrogen and oxygen atoms in total. The molecule has 0 aromatic heterocycles. The Bertz CT molecular complexity index is 654. The third-order valence-electron chi connectivity index (χ3n) is 4.16. The minimum absolute atomic E-state index is 0.0140. The van der Waals surface area contributed by atoms with Crippen molar-refractivity contribution in [1.29, 1.82) is 0 Å². The summed E-state index contributed by atoms with van der Waals surface area (Å²) in [5.74, 6) is -0.425. The first-order valence-corrected chi connectivity index (χ1v) is 8.49. The number of nitrogens with one attached hydrogen (secondary N) is 2. The second-order valence-corrected chi connectivity index (χ2v) is 6.58. The van der Waals surface area contributed by atoms with Crippen molar-refractivity contribution in [2.24, 2.45) is 0 Å². The second-order valence-electron chi connectivity index (χ2n) is 6.58. The van der Waals surface area contributed by atoms with Crippen LogP contribution in [-0.2, 0) is 9.59 Å². The van der Waals surface area contributed by atoms with E-state index in [0.717, 1.165) is 37.1 Å². The molecule has 25 heavy (non-hydrogen) atoms. The van der Waals surface area contributed by atoms with Gasteiger partial charge in [0, 0.05) is 18.8 Å². The number of rotatable bonds is 5. The first-order chi connectivity index (χ1) is 11.8. The van der Waals surface area contributed by atoms with Crippen molar-refractivity contribution in [1.82, 2.24) is 15.1 Å². The van der Waals surface area contributed by atoms with Gasteiger partial charge < -0.3 is 10.2 Å². The summed E-state index contributed by atoms with van der Waals surface area (Å²) in [5, 5.41) is 4.95. The van der Waals surface area contributed by atoms with Gasteiger partial charge in [-0.3, -0.25) is 19.8 Å². The van der Waals surface area contributed by atoms with E-state index in [1.54, 1.807) is 22.9 Å². The van der Waals surface area contributed by atoms with Gasteiger partial charge in [-0.15, -0.1) is 0 Å². The maximum atomic E-state index is 12.0. The lowest BCUT2D eigenvalue weighted by Gasteiger charge is -2.20. The van der Waals surface area contributed by atoms with Gasteiger partial charge in [0.15, 0.2) is 0 Å². The molecule has 1 heterocycles. The highest BCUT2D eigenvalue weighted by molar-refractivity contribution is 6.02. The van der Waals surface area contributed by atoms with Gasteiger partial charge in [-0.05, 0) is 45.4 Å². The molecule has 2 rings (SSSR count). The highest BCUT2D eigenvalue weighted by atomic mass is 16.2. The molecule has 1 aliphatic heterocycles. The SMILES string of the molecule is Cc1ccc(NC(=O)NC(=O)CN(C)CC(=O)N2CCCC2)c(C)c1. The number of carbonyl (C=O) groups is 3. The number of amides is 4. The highest BCUT2D eigenvalue weighted by Crippen LogP contribution is 2.15. The van der Waals surface area contributed by atoms with Gasteiger partial charge in [0.1, 0.15) is 0 Å². The van der Waals surface area contributed by atoms with Crippen LogP contribution in [0.5, 0.6) is 0 Å². The summed E-state index contributed by atoms with van der Waals surface area (Å²) >= 11 is 0. The summed E-state index contributed by atoms with van der Waals surface area (Å²) < 4.78 is 0. The van der Waals surface area contributed by atoms with Gasteiger partial charge in [-0.25, -0.2) is 4.79 Å². The zero-order chi connectivity index (χ0) is 18.4. The summed E-state index contributed by atoms with van der Waals surface area (Å²) in [6.07, 6.45) is 2.07. The highest BCUT2D eigenvalue weighted by Gasteiger charge is 2.20. The van der Waals surface area contributed by atoms with Crippen molar-refractivity contribution in [3.8, 4) is 0 Å². The molecule has 0 radical (unpaired) electrons. The van der Waals surface area contributed by atoms with Crippen LogP contribution < -0.4 is 10.6 Å². The molecule has 0 unspecified atom stereocenters. The fourth-order valence-corrected chi connectivity index (χ4v) is 2.87. The van der Waals surface area contributed by atoms with E-state index in [0.29, 0.717) is 5.69 Å². The summed E-state index contributed by atoms with van der Waals surface area (Å²) in [4.78, 5) is 39.4. The number of hydrogen-bond donors (Lipinski definition) is 2. The molecular weight excluding hydrogens is 320 g/mol. The van der Waals surface area contributed by atoms with Crippen LogP contribution >= 0.6 is 0 Å². The van der Waals surface area contributed by atoms with E-state index in [4.69, 9.17) is 0 Å². The average molecular weight is 346 g/mol. The van der Waals surface area contributed by atoms with E-state index in [-0.39, 0.29) is 19.0 Å². The number of nitrogens with zero attached hydrogens (tertiary/aromatic N) is 2. The maximum Gasteiger partial charge on any atom is 0.325 e. The molecule has 4 amide bonds. The van der Waals surface area contributed by atoms with Crippen LogP contribution in [0.1, 0.15) is 24.0 Å². The molecule has 7 heteroatoms. The van der Waals surface area contributed by atoms with Crippen LogP contribution in [0.25, 0.3) is 0 Å². The van der Waals surface area contributed by atoms with Crippen LogP contribution in [-0.4, -0.2) is 60.9 Å². The van der Waals surface area contributed by atoms with E-state index in [9.17, 15) is 14.4 Å². The fourth-order valence-electron chi connectivity index (χ4n) is 2.87. The first kappa shape index (κ1) is 18.9. The maximum absolute atomic E-state index is 12.0. The van der Waals surface area contributed by atoms with Crippen molar-refractivity contribution in [2.45, 2.75) is 26.7 Å². The number of anilines is 1. The Morgan fingerprint density at radius 1 is 1.12 bits per heavy atom. The molecule has 1 saturated heterocycles. The number of benzene rings is 1. The number of carbonyl (C=O) groups excluding carboxylic acids is 3. The predicted molar refractivity (Wildman–Crippen MR) is 96.4 cm³/mol. The average Bonchev–Trinajstić information content (AvgIpc) is 3.04. The number of urea groups is 1. The number of aryl methyl sites for hydroxylation is 2. The van der Waals surface area contributed by atoms with Crippen molar-refractivity contribution < 1.29 is 14.4 Å². The Labute approximate surface area is 148 Å². The Morgan fingerprint density at radius 3 is 2.44 bits per heavy atom. The molecule has 136 valence electrons. The van der Waals surface area contributed by atoms with Crippen molar-refractivity contribution in [3.05, 3.63) is 29.3 Å². The molecule has 1 aromatic carbocycles. The molecule has 2 N–H and O–H groups in total. The largest absolute Gasteiger partial charge is 0.342 e. The van der Waals surface area contributed by atoms with Crippen LogP contribution in [0.3, 0.4) is 0 Å². The number of hydrogen-bond acceptors (Lipinski definition) is 4. The van der Waals surface area contributed by atoms with Crippen molar-refractivity contribution in [2.75, 3.05) is 38.5 Å². The van der Waals surface area contributed by atoms with Gasteiger partial charge in [0.25, 0.3) is 0 Å². The van der Waals surface area contributed by atoms with Gasteiger partial charge in [-0.1, -0.05) is 17.7 Å². The molecule has 0 atom stereocenters. The minimum Gasteiger partial charge on any atom is -0.342 e. The zero-order valence-electron chi connectivity index (χ0n) is 15.1. The third kappa shape index (κ3) is 5.86. The number of likely N-dealkylation sites (N-methyl/N-ethyl adjacent to an activating group) is 1. The van der Waals surface area contributed by atoms with Gasteiger partial charge in [-0.2, -0.15) is 0 Å². The second kappa shape index (κ2) is 8.62. The van der Waals surface area contributed by atoms with Gasteiger partial charge in [0.05, 0.1) is 13.1 Å². The topological polar surface area (TPSA) is 81.8 Å². The monoisotopic (exact) mass is 346 g/mol. The molecule has 0 saturated carbocycles. The molecular formula is C18H26N4O3. The van der Waals surface area contributed by atoms with Crippen LogP contribution in [0, 0.1) is 13.8 Å². The van der Waals surface area contributed by atoms with Gasteiger partial charge >= 0.3 is 6.03 Å². The van der Waals surface area contributed by atoms with E-state index in [2.05, 4.69) is 10.6 Å². The fraction of sp³-hybridized carbons (Fsp3) is 0.500. The van der Waals surface area contributed by atoms with Crippen LogP contribution in [0.15, 0.2) is 18.2 Å². The third-order valence-corrected chi connectivity index (χ3v) is 4.16. The van der Waals surface area contributed by atoms with Crippen molar-refractivity contribution >= 4 is 23.5 Å².